The molecule has 0 saturated heterocycles. The van der Waals surface area contributed by atoms with E-state index in [2.05, 4.69) is 11.3 Å². The summed E-state index contributed by atoms with van der Waals surface area (Å²) in [5.74, 6) is -1.77. The topological polar surface area (TPSA) is 63.6 Å². The fourth-order valence-electron chi connectivity index (χ4n) is 0.730. The Balaban J connectivity index is 4.49. The van der Waals surface area contributed by atoms with Crippen LogP contribution in [-0.4, -0.2) is 23.7 Å². The van der Waals surface area contributed by atoms with Gasteiger partial charge in [-0.15, -0.1) is 6.58 Å². The van der Waals surface area contributed by atoms with Gasteiger partial charge in [0.15, 0.2) is 0 Å². The molecule has 0 rings (SSSR count). The minimum Gasteiger partial charge on any atom is -0.478 e. The van der Waals surface area contributed by atoms with Gasteiger partial charge in [0, 0.05) is 11.6 Å². The van der Waals surface area contributed by atoms with Crippen molar-refractivity contribution >= 4 is 11.9 Å². The van der Waals surface area contributed by atoms with Crippen LogP contribution in [0.25, 0.3) is 0 Å². The molecule has 0 aromatic heterocycles. The standard InChI is InChI=1S/C9H12O4/c1-3-5-7(6-8(10)11)9(12)13-4-2/h3,6H,1,4-5H2,2H3,(H,10,11)/b7-6+. The van der Waals surface area contributed by atoms with Crippen molar-refractivity contribution < 1.29 is 19.4 Å². The highest BCUT2D eigenvalue weighted by Crippen LogP contribution is 2.04. The van der Waals surface area contributed by atoms with Gasteiger partial charge in [0.25, 0.3) is 0 Å². The Morgan fingerprint density at radius 1 is 1.54 bits per heavy atom. The maximum atomic E-state index is 11.1. The van der Waals surface area contributed by atoms with Crippen LogP contribution in [0.15, 0.2) is 24.3 Å². The van der Waals surface area contributed by atoms with Gasteiger partial charge in [-0.3, -0.25) is 0 Å². The number of aliphatic carboxylic acids is 1. The molecule has 0 fully saturated rings. The van der Waals surface area contributed by atoms with E-state index in [1.165, 1.54) is 6.08 Å². The van der Waals surface area contributed by atoms with Crippen molar-refractivity contribution in [1.82, 2.24) is 0 Å². The minimum atomic E-state index is -1.16. The molecule has 0 aliphatic rings. The van der Waals surface area contributed by atoms with Gasteiger partial charge >= 0.3 is 11.9 Å². The average Bonchev–Trinajstić information content (AvgIpc) is 2.03. The number of rotatable bonds is 5. The summed E-state index contributed by atoms with van der Waals surface area (Å²) >= 11 is 0. The predicted octanol–water partition coefficient (Wildman–Crippen LogP) is 1.14. The van der Waals surface area contributed by atoms with E-state index in [4.69, 9.17) is 5.11 Å². The van der Waals surface area contributed by atoms with Crippen molar-refractivity contribution in [3.8, 4) is 0 Å². The molecule has 0 aliphatic carbocycles. The van der Waals surface area contributed by atoms with Crippen molar-refractivity contribution in [1.29, 1.82) is 0 Å². The van der Waals surface area contributed by atoms with Crippen molar-refractivity contribution in [2.45, 2.75) is 13.3 Å². The summed E-state index contributed by atoms with van der Waals surface area (Å²) in [6.07, 6.45) is 2.48. The molecule has 13 heavy (non-hydrogen) atoms. The third-order valence-electron chi connectivity index (χ3n) is 1.20. The molecule has 4 heteroatoms. The van der Waals surface area contributed by atoms with Crippen LogP contribution in [0.4, 0.5) is 0 Å². The number of hydrogen-bond donors (Lipinski definition) is 1. The van der Waals surface area contributed by atoms with Crippen LogP contribution in [0.1, 0.15) is 13.3 Å². The molecule has 0 aromatic rings. The zero-order valence-electron chi connectivity index (χ0n) is 7.45. The number of carboxylic acid groups (broad SMARTS) is 1. The van der Waals surface area contributed by atoms with Crippen molar-refractivity contribution in [3.05, 3.63) is 24.3 Å². The van der Waals surface area contributed by atoms with Crippen molar-refractivity contribution in [2.75, 3.05) is 6.61 Å². The molecule has 72 valence electrons. The van der Waals surface area contributed by atoms with E-state index in [0.29, 0.717) is 0 Å². The lowest BCUT2D eigenvalue weighted by Crippen LogP contribution is -2.09. The summed E-state index contributed by atoms with van der Waals surface area (Å²) in [6, 6.07) is 0. The third kappa shape index (κ3) is 4.79. The van der Waals surface area contributed by atoms with E-state index >= 15 is 0 Å². The summed E-state index contributed by atoms with van der Waals surface area (Å²) < 4.78 is 4.64. The van der Waals surface area contributed by atoms with Crippen LogP contribution < -0.4 is 0 Å². The van der Waals surface area contributed by atoms with E-state index in [0.717, 1.165) is 6.08 Å². The van der Waals surface area contributed by atoms with E-state index in [-0.39, 0.29) is 18.6 Å². The first kappa shape index (κ1) is 11.4. The number of allylic oxidation sites excluding steroid dienone is 1. The zero-order valence-corrected chi connectivity index (χ0v) is 7.45. The fraction of sp³-hybridized carbons (Fsp3) is 0.333. The van der Waals surface area contributed by atoms with Crippen LogP contribution in [0.3, 0.4) is 0 Å². The van der Waals surface area contributed by atoms with Gasteiger partial charge in [-0.05, 0) is 13.3 Å². The lowest BCUT2D eigenvalue weighted by atomic mass is 10.2. The van der Waals surface area contributed by atoms with Gasteiger partial charge in [0.05, 0.1) is 6.61 Å². The van der Waals surface area contributed by atoms with Crippen LogP contribution in [0.5, 0.6) is 0 Å². The van der Waals surface area contributed by atoms with Crippen LogP contribution >= 0.6 is 0 Å². The van der Waals surface area contributed by atoms with Gasteiger partial charge in [0.1, 0.15) is 0 Å². The van der Waals surface area contributed by atoms with Gasteiger partial charge in [-0.2, -0.15) is 0 Å². The number of esters is 1. The second-order valence-corrected chi connectivity index (χ2v) is 2.22. The van der Waals surface area contributed by atoms with Crippen molar-refractivity contribution in [2.24, 2.45) is 0 Å². The Morgan fingerprint density at radius 2 is 2.15 bits per heavy atom. The summed E-state index contributed by atoms with van der Waals surface area (Å²) in [4.78, 5) is 21.3. The van der Waals surface area contributed by atoms with E-state index in [1.807, 2.05) is 0 Å². The maximum absolute atomic E-state index is 11.1. The molecule has 0 heterocycles. The second kappa shape index (κ2) is 5.99. The number of carboxylic acids is 1. The first-order chi connectivity index (χ1) is 6.11. The monoisotopic (exact) mass is 184 g/mol. The molecule has 0 bridgehead atoms. The van der Waals surface area contributed by atoms with E-state index < -0.39 is 11.9 Å². The molecular weight excluding hydrogens is 172 g/mol. The Morgan fingerprint density at radius 3 is 2.54 bits per heavy atom. The molecule has 0 radical (unpaired) electrons. The molecule has 0 aromatic carbocycles. The zero-order chi connectivity index (χ0) is 10.3. The maximum Gasteiger partial charge on any atom is 0.334 e. The number of carbonyl (C=O) groups is 2. The summed E-state index contributed by atoms with van der Waals surface area (Å²) in [6.45, 7) is 5.29. The molecule has 0 aliphatic heterocycles. The molecule has 0 saturated carbocycles. The first-order valence-corrected chi connectivity index (χ1v) is 3.83. The summed E-state index contributed by atoms with van der Waals surface area (Å²) in [5.41, 5.74) is 0.101. The smallest absolute Gasteiger partial charge is 0.334 e. The number of hydrogen-bond acceptors (Lipinski definition) is 3. The quantitative estimate of drug-likeness (QED) is 0.395. The van der Waals surface area contributed by atoms with Crippen LogP contribution in [0.2, 0.25) is 0 Å². The first-order valence-electron chi connectivity index (χ1n) is 3.83. The molecule has 4 nitrogen and oxygen atoms in total. The Hall–Kier alpha value is -1.58. The summed E-state index contributed by atoms with van der Waals surface area (Å²) in [5, 5.41) is 8.41. The Bertz CT molecular complexity index is 240. The number of ether oxygens (including phenoxy) is 1. The predicted molar refractivity (Wildman–Crippen MR) is 47.2 cm³/mol. The highest BCUT2D eigenvalue weighted by molar-refractivity contribution is 5.95. The third-order valence-corrected chi connectivity index (χ3v) is 1.20. The molecule has 0 spiro atoms. The lowest BCUT2D eigenvalue weighted by molar-refractivity contribution is -0.139. The lowest BCUT2D eigenvalue weighted by Gasteiger charge is -2.02. The highest BCUT2D eigenvalue weighted by atomic mass is 16.5. The van der Waals surface area contributed by atoms with Crippen LogP contribution in [-0.2, 0) is 14.3 Å². The van der Waals surface area contributed by atoms with E-state index in [1.54, 1.807) is 6.92 Å². The average molecular weight is 184 g/mol. The SMILES string of the molecule is C=CC/C(=C\C(=O)O)C(=O)OCC. The van der Waals surface area contributed by atoms with Gasteiger partial charge < -0.3 is 9.84 Å². The molecular formula is C9H12O4. The molecule has 0 unspecified atom stereocenters. The van der Waals surface area contributed by atoms with Crippen LogP contribution in [0, 0.1) is 0 Å². The second-order valence-electron chi connectivity index (χ2n) is 2.22. The highest BCUT2D eigenvalue weighted by Gasteiger charge is 2.09. The normalized spacial score (nSPS) is 10.7. The minimum absolute atomic E-state index is 0.101. The molecule has 0 amide bonds. The Kier molecular flexibility index (Phi) is 5.27. The molecule has 1 N–H and O–H groups in total. The number of carbonyl (C=O) groups excluding carboxylic acids is 1. The molecule has 0 atom stereocenters. The van der Waals surface area contributed by atoms with Crippen molar-refractivity contribution in [3.63, 3.8) is 0 Å². The Labute approximate surface area is 76.5 Å². The summed E-state index contributed by atoms with van der Waals surface area (Å²) in [7, 11) is 0. The van der Waals surface area contributed by atoms with E-state index in [9.17, 15) is 9.59 Å². The fourth-order valence-corrected chi connectivity index (χ4v) is 0.730. The largest absolute Gasteiger partial charge is 0.478 e. The van der Waals surface area contributed by atoms with Gasteiger partial charge in [-0.1, -0.05) is 6.08 Å². The van der Waals surface area contributed by atoms with Gasteiger partial charge in [-0.25, -0.2) is 9.59 Å². The van der Waals surface area contributed by atoms with Gasteiger partial charge in [0.2, 0.25) is 0 Å².